The van der Waals surface area contributed by atoms with Crippen molar-refractivity contribution in [3.8, 4) is 0 Å². The summed E-state index contributed by atoms with van der Waals surface area (Å²) in [6.07, 6.45) is 1.58. The number of aromatic nitrogens is 1. The number of benzene rings is 2. The summed E-state index contributed by atoms with van der Waals surface area (Å²) in [4.78, 5) is 14.5. The summed E-state index contributed by atoms with van der Waals surface area (Å²) < 4.78 is 28.0. The van der Waals surface area contributed by atoms with Crippen molar-refractivity contribution in [2.45, 2.75) is 31.0 Å². The molecule has 0 bridgehead atoms. The standard InChI is InChI=1S/C21H23ClN2O3S/c1-3-23(4-2)21(25)14-24-13-20(18-10-5-6-11-19(18)24)28(26,27)15-16-8-7-9-17(22)12-16/h5-13H,3-4,14-15H2,1-2H3. The zero-order valence-corrected chi connectivity index (χ0v) is 17.5. The largest absolute Gasteiger partial charge is 0.342 e. The smallest absolute Gasteiger partial charge is 0.242 e. The predicted molar refractivity (Wildman–Crippen MR) is 112 cm³/mol. The Kier molecular flexibility index (Phi) is 6.10. The lowest BCUT2D eigenvalue weighted by molar-refractivity contribution is -0.131. The maximum absolute atomic E-state index is 13.1. The third-order valence-electron chi connectivity index (χ3n) is 4.75. The quantitative estimate of drug-likeness (QED) is 0.579. The third kappa shape index (κ3) is 4.23. The average Bonchev–Trinajstić information content (AvgIpc) is 3.02. The minimum atomic E-state index is -3.61. The average molecular weight is 419 g/mol. The van der Waals surface area contributed by atoms with E-state index in [-0.39, 0.29) is 23.1 Å². The molecule has 7 heteroatoms. The van der Waals surface area contributed by atoms with Gasteiger partial charge in [0.15, 0.2) is 9.84 Å². The van der Waals surface area contributed by atoms with E-state index in [0.29, 0.717) is 29.1 Å². The molecular formula is C21H23ClN2O3S. The Labute approximate surface area is 170 Å². The van der Waals surface area contributed by atoms with Crippen molar-refractivity contribution in [2.75, 3.05) is 13.1 Å². The fraction of sp³-hybridized carbons (Fsp3) is 0.286. The monoisotopic (exact) mass is 418 g/mol. The molecule has 0 N–H and O–H groups in total. The molecule has 3 aromatic rings. The molecule has 0 spiro atoms. The number of sulfone groups is 1. The lowest BCUT2D eigenvalue weighted by Crippen LogP contribution is -2.33. The predicted octanol–water partition coefficient (Wildman–Crippen LogP) is 4.14. The van der Waals surface area contributed by atoms with Crippen LogP contribution in [0.1, 0.15) is 19.4 Å². The topological polar surface area (TPSA) is 59.4 Å². The Balaban J connectivity index is 2.01. The molecule has 0 aliphatic carbocycles. The summed E-state index contributed by atoms with van der Waals surface area (Å²) in [5, 5.41) is 1.12. The van der Waals surface area contributed by atoms with Gasteiger partial charge in [0.1, 0.15) is 6.54 Å². The molecule has 0 aliphatic heterocycles. The Morgan fingerprint density at radius 3 is 2.46 bits per heavy atom. The normalized spacial score (nSPS) is 11.7. The van der Waals surface area contributed by atoms with E-state index in [2.05, 4.69) is 0 Å². The third-order valence-corrected chi connectivity index (χ3v) is 6.70. The van der Waals surface area contributed by atoms with Crippen LogP contribution in [-0.4, -0.2) is 36.9 Å². The van der Waals surface area contributed by atoms with Gasteiger partial charge in [0.25, 0.3) is 0 Å². The van der Waals surface area contributed by atoms with Crippen LogP contribution in [0.15, 0.2) is 59.6 Å². The number of rotatable bonds is 7. The first-order valence-corrected chi connectivity index (χ1v) is 11.2. The van der Waals surface area contributed by atoms with Crippen LogP contribution in [0.3, 0.4) is 0 Å². The van der Waals surface area contributed by atoms with E-state index in [9.17, 15) is 13.2 Å². The van der Waals surface area contributed by atoms with Gasteiger partial charge in [-0.05, 0) is 37.6 Å². The van der Waals surface area contributed by atoms with E-state index < -0.39 is 9.84 Å². The van der Waals surface area contributed by atoms with Crippen molar-refractivity contribution in [1.82, 2.24) is 9.47 Å². The molecule has 3 rings (SSSR count). The number of carbonyl (C=O) groups is 1. The van der Waals surface area contributed by atoms with Gasteiger partial charge < -0.3 is 9.47 Å². The van der Waals surface area contributed by atoms with Gasteiger partial charge in [-0.15, -0.1) is 0 Å². The molecule has 0 aliphatic rings. The summed E-state index contributed by atoms with van der Waals surface area (Å²) in [6, 6.07) is 14.1. The van der Waals surface area contributed by atoms with Crippen molar-refractivity contribution >= 4 is 38.2 Å². The lowest BCUT2D eigenvalue weighted by Gasteiger charge is -2.19. The zero-order valence-electron chi connectivity index (χ0n) is 15.9. The highest BCUT2D eigenvalue weighted by atomic mass is 35.5. The number of carbonyl (C=O) groups excluding carboxylic acids is 1. The number of likely N-dealkylation sites (N-methyl/N-ethyl adjacent to an activating group) is 1. The highest BCUT2D eigenvalue weighted by molar-refractivity contribution is 7.90. The van der Waals surface area contributed by atoms with Crippen LogP contribution in [0.2, 0.25) is 5.02 Å². The number of hydrogen-bond donors (Lipinski definition) is 0. The molecule has 1 aromatic heterocycles. The molecule has 0 radical (unpaired) electrons. The number of hydrogen-bond acceptors (Lipinski definition) is 3. The van der Waals surface area contributed by atoms with Crippen molar-refractivity contribution in [2.24, 2.45) is 0 Å². The Morgan fingerprint density at radius 1 is 1.07 bits per heavy atom. The van der Waals surface area contributed by atoms with Gasteiger partial charge in [0, 0.05) is 35.2 Å². The van der Waals surface area contributed by atoms with Crippen LogP contribution >= 0.6 is 11.6 Å². The van der Waals surface area contributed by atoms with Gasteiger partial charge in [-0.25, -0.2) is 8.42 Å². The van der Waals surface area contributed by atoms with E-state index in [1.165, 1.54) is 0 Å². The molecule has 28 heavy (non-hydrogen) atoms. The maximum Gasteiger partial charge on any atom is 0.242 e. The fourth-order valence-corrected chi connectivity index (χ4v) is 5.12. The van der Waals surface area contributed by atoms with Gasteiger partial charge in [-0.2, -0.15) is 0 Å². The summed E-state index contributed by atoms with van der Waals surface area (Å²) >= 11 is 5.99. The van der Waals surface area contributed by atoms with E-state index in [0.717, 1.165) is 5.52 Å². The van der Waals surface area contributed by atoms with Gasteiger partial charge in [0.2, 0.25) is 5.91 Å². The molecule has 0 saturated carbocycles. The minimum absolute atomic E-state index is 0.0375. The van der Waals surface area contributed by atoms with Crippen molar-refractivity contribution in [3.05, 3.63) is 65.3 Å². The maximum atomic E-state index is 13.1. The second kappa shape index (κ2) is 8.37. The number of halogens is 1. The minimum Gasteiger partial charge on any atom is -0.342 e. The first-order chi connectivity index (χ1) is 13.4. The second-order valence-corrected chi connectivity index (χ2v) is 8.99. The van der Waals surface area contributed by atoms with E-state index in [1.807, 2.05) is 26.0 Å². The molecule has 0 fully saturated rings. The summed E-state index contributed by atoms with van der Waals surface area (Å²) in [6.45, 7) is 5.20. The first kappa shape index (κ1) is 20.4. The van der Waals surface area contributed by atoms with Gasteiger partial charge in [-0.3, -0.25) is 4.79 Å². The molecule has 2 aromatic carbocycles. The van der Waals surface area contributed by atoms with Gasteiger partial charge in [0.05, 0.1) is 10.6 Å². The van der Waals surface area contributed by atoms with Crippen LogP contribution in [0, 0.1) is 0 Å². The van der Waals surface area contributed by atoms with E-state index in [1.54, 1.807) is 52.1 Å². The summed E-state index contributed by atoms with van der Waals surface area (Å²) in [7, 11) is -3.61. The van der Waals surface area contributed by atoms with Crippen LogP contribution in [0.4, 0.5) is 0 Å². The second-order valence-electron chi connectivity index (χ2n) is 6.59. The zero-order chi connectivity index (χ0) is 20.3. The Bertz CT molecular complexity index is 1100. The SMILES string of the molecule is CCN(CC)C(=O)Cn1cc(S(=O)(=O)Cc2cccc(Cl)c2)c2ccccc21. The van der Waals surface area contributed by atoms with Gasteiger partial charge >= 0.3 is 0 Å². The summed E-state index contributed by atoms with van der Waals surface area (Å²) in [5.74, 6) is -0.185. The molecule has 5 nitrogen and oxygen atoms in total. The number of amides is 1. The van der Waals surface area contributed by atoms with Crippen LogP contribution in [0.25, 0.3) is 10.9 Å². The van der Waals surface area contributed by atoms with Crippen LogP contribution in [0.5, 0.6) is 0 Å². The van der Waals surface area contributed by atoms with E-state index in [4.69, 9.17) is 11.6 Å². The molecular weight excluding hydrogens is 396 g/mol. The lowest BCUT2D eigenvalue weighted by atomic mass is 10.2. The molecule has 148 valence electrons. The number of para-hydroxylation sites is 1. The Morgan fingerprint density at radius 2 is 1.79 bits per heavy atom. The Hall–Kier alpha value is -2.31. The van der Waals surface area contributed by atoms with Crippen molar-refractivity contribution in [1.29, 1.82) is 0 Å². The van der Waals surface area contributed by atoms with E-state index >= 15 is 0 Å². The molecule has 0 atom stereocenters. The molecule has 1 amide bonds. The molecule has 0 saturated heterocycles. The molecule has 1 heterocycles. The molecule has 0 unspecified atom stereocenters. The highest BCUT2D eigenvalue weighted by Gasteiger charge is 2.23. The first-order valence-electron chi connectivity index (χ1n) is 9.18. The van der Waals surface area contributed by atoms with Gasteiger partial charge in [-0.1, -0.05) is 41.9 Å². The summed E-state index contributed by atoms with van der Waals surface area (Å²) in [5.41, 5.74) is 1.36. The highest BCUT2D eigenvalue weighted by Crippen LogP contribution is 2.28. The fourth-order valence-electron chi connectivity index (χ4n) is 3.34. The van der Waals surface area contributed by atoms with Crippen LogP contribution < -0.4 is 0 Å². The number of fused-ring (bicyclic) bond motifs is 1. The number of nitrogens with zero attached hydrogens (tertiary/aromatic N) is 2. The van der Waals surface area contributed by atoms with Crippen molar-refractivity contribution < 1.29 is 13.2 Å². The van der Waals surface area contributed by atoms with Crippen molar-refractivity contribution in [3.63, 3.8) is 0 Å². The van der Waals surface area contributed by atoms with Crippen LogP contribution in [-0.2, 0) is 26.9 Å².